The highest BCUT2D eigenvalue weighted by Crippen LogP contribution is 2.21. The molecule has 6 heteroatoms. The average Bonchev–Trinajstić information content (AvgIpc) is 3.29. The predicted molar refractivity (Wildman–Crippen MR) is 127 cm³/mol. The van der Waals surface area contributed by atoms with E-state index in [1.165, 1.54) is 16.9 Å². The first-order valence-corrected chi connectivity index (χ1v) is 11.0. The number of nitriles is 1. The minimum Gasteiger partial charge on any atom is -0.489 e. The van der Waals surface area contributed by atoms with Gasteiger partial charge in [0, 0.05) is 5.56 Å². The Kier molecular flexibility index (Phi) is 4.96. The number of thiazole rings is 1. The number of imidazole rings is 1. The third kappa shape index (κ3) is 3.53. The van der Waals surface area contributed by atoms with Crippen molar-refractivity contribution in [3.05, 3.63) is 103 Å². The molecule has 3 aromatic carbocycles. The standard InChI is InChI=1S/C26H19N3O2S/c1-16-11-22-23(12-17(16)2)29-25(30)24(32-26(29)28-22)13-18-7-9-21(10-8-18)31-15-20-6-4-3-5-19(20)14-27/h3-13H,15H2,1-2H3/b24-13-. The molecule has 0 aliphatic heterocycles. The first kappa shape index (κ1) is 20.0. The molecule has 0 saturated heterocycles. The maximum atomic E-state index is 13.0. The van der Waals surface area contributed by atoms with Crippen LogP contribution in [0, 0.1) is 25.2 Å². The fraction of sp³-hybridized carbons (Fsp3) is 0.115. The molecule has 32 heavy (non-hydrogen) atoms. The molecular formula is C26H19N3O2S. The van der Waals surface area contributed by atoms with Gasteiger partial charge in [-0.25, -0.2) is 9.38 Å². The van der Waals surface area contributed by atoms with Crippen LogP contribution < -0.4 is 14.8 Å². The summed E-state index contributed by atoms with van der Waals surface area (Å²) in [6.45, 7) is 4.42. The Morgan fingerprint density at radius 1 is 1.09 bits per heavy atom. The zero-order valence-corrected chi connectivity index (χ0v) is 18.4. The Hall–Kier alpha value is -3.95. The number of aromatic nitrogens is 2. The first-order chi connectivity index (χ1) is 15.5. The number of benzene rings is 3. The second-order valence-electron chi connectivity index (χ2n) is 7.70. The van der Waals surface area contributed by atoms with Crippen LogP contribution in [0.2, 0.25) is 0 Å². The van der Waals surface area contributed by atoms with Gasteiger partial charge in [-0.05, 0) is 66.9 Å². The third-order valence-corrected chi connectivity index (χ3v) is 6.53. The topological polar surface area (TPSA) is 67.4 Å². The normalized spacial score (nSPS) is 11.8. The van der Waals surface area contributed by atoms with E-state index in [-0.39, 0.29) is 5.56 Å². The average molecular weight is 438 g/mol. The second-order valence-corrected chi connectivity index (χ2v) is 8.71. The first-order valence-electron chi connectivity index (χ1n) is 10.2. The number of rotatable bonds is 4. The predicted octanol–water partition coefficient (Wildman–Crippen LogP) is 4.52. The molecule has 2 aromatic heterocycles. The van der Waals surface area contributed by atoms with Gasteiger partial charge in [-0.3, -0.25) is 4.79 Å². The van der Waals surface area contributed by atoms with Crippen molar-refractivity contribution in [2.75, 3.05) is 0 Å². The Morgan fingerprint density at radius 3 is 2.62 bits per heavy atom. The van der Waals surface area contributed by atoms with E-state index in [9.17, 15) is 10.1 Å². The fourth-order valence-electron chi connectivity index (χ4n) is 3.65. The van der Waals surface area contributed by atoms with Crippen LogP contribution in [-0.2, 0) is 6.61 Å². The van der Waals surface area contributed by atoms with E-state index in [1.807, 2.05) is 67.6 Å². The number of hydrogen-bond donors (Lipinski definition) is 0. The Bertz CT molecular complexity index is 1620. The third-order valence-electron chi connectivity index (χ3n) is 5.56. The molecule has 0 radical (unpaired) electrons. The summed E-state index contributed by atoms with van der Waals surface area (Å²) in [6.07, 6.45) is 1.88. The highest BCUT2D eigenvalue weighted by molar-refractivity contribution is 7.15. The molecule has 0 aliphatic rings. The maximum Gasteiger partial charge on any atom is 0.274 e. The number of hydrogen-bond acceptors (Lipinski definition) is 5. The molecule has 0 N–H and O–H groups in total. The van der Waals surface area contributed by atoms with Crippen LogP contribution >= 0.6 is 11.3 Å². The Morgan fingerprint density at radius 2 is 1.84 bits per heavy atom. The molecule has 5 rings (SSSR count). The lowest BCUT2D eigenvalue weighted by molar-refractivity contribution is 0.306. The van der Waals surface area contributed by atoms with E-state index in [4.69, 9.17) is 4.74 Å². The van der Waals surface area contributed by atoms with Crippen LogP contribution in [0.4, 0.5) is 0 Å². The van der Waals surface area contributed by atoms with Crippen molar-refractivity contribution in [2.45, 2.75) is 20.5 Å². The summed E-state index contributed by atoms with van der Waals surface area (Å²) < 4.78 is 8.17. The van der Waals surface area contributed by atoms with Gasteiger partial charge < -0.3 is 4.74 Å². The zero-order valence-electron chi connectivity index (χ0n) is 17.6. The molecule has 2 heterocycles. The SMILES string of the molecule is Cc1cc2nc3s/c(=C\c4ccc(OCc5ccccc5C#N)cc4)c(=O)n3c2cc1C. The Labute approximate surface area is 188 Å². The largest absolute Gasteiger partial charge is 0.489 e. The van der Waals surface area contributed by atoms with Gasteiger partial charge in [0.25, 0.3) is 5.56 Å². The van der Waals surface area contributed by atoms with Gasteiger partial charge in [0.2, 0.25) is 0 Å². The minimum atomic E-state index is -0.0517. The van der Waals surface area contributed by atoms with Crippen LogP contribution in [0.15, 0.2) is 65.5 Å². The van der Waals surface area contributed by atoms with Gasteiger partial charge in [0.05, 0.1) is 27.2 Å². The van der Waals surface area contributed by atoms with Crippen LogP contribution in [0.25, 0.3) is 22.1 Å². The molecule has 156 valence electrons. The Balaban J connectivity index is 1.43. The van der Waals surface area contributed by atoms with Gasteiger partial charge in [0.15, 0.2) is 4.96 Å². The highest BCUT2D eigenvalue weighted by Gasteiger charge is 2.12. The van der Waals surface area contributed by atoms with Crippen LogP contribution in [0.1, 0.15) is 27.8 Å². The summed E-state index contributed by atoms with van der Waals surface area (Å²) in [5, 5.41) is 9.20. The number of aryl methyl sites for hydroxylation is 2. The van der Waals surface area contributed by atoms with Gasteiger partial charge in [-0.15, -0.1) is 0 Å². The van der Waals surface area contributed by atoms with E-state index in [1.54, 1.807) is 10.5 Å². The number of ether oxygens (including phenoxy) is 1. The van der Waals surface area contributed by atoms with Gasteiger partial charge in [0.1, 0.15) is 12.4 Å². The maximum absolute atomic E-state index is 13.0. The number of nitrogens with zero attached hydrogens (tertiary/aromatic N) is 3. The summed E-state index contributed by atoms with van der Waals surface area (Å²) in [5.41, 5.74) is 6.33. The van der Waals surface area contributed by atoms with Gasteiger partial charge >= 0.3 is 0 Å². The van der Waals surface area contributed by atoms with E-state index in [0.717, 1.165) is 27.7 Å². The second kappa shape index (κ2) is 7.95. The molecule has 5 nitrogen and oxygen atoms in total. The summed E-state index contributed by atoms with van der Waals surface area (Å²) in [4.78, 5) is 18.4. The fourth-order valence-corrected chi connectivity index (χ4v) is 4.63. The minimum absolute atomic E-state index is 0.0517. The quantitative estimate of drug-likeness (QED) is 0.414. The zero-order chi connectivity index (χ0) is 22.2. The molecular weight excluding hydrogens is 418 g/mol. The van der Waals surface area contributed by atoms with Gasteiger partial charge in [-0.2, -0.15) is 5.26 Å². The smallest absolute Gasteiger partial charge is 0.274 e. The summed E-state index contributed by atoms with van der Waals surface area (Å²) in [6, 6.07) is 21.2. The molecule has 0 atom stereocenters. The van der Waals surface area contributed by atoms with E-state index in [2.05, 4.69) is 18.0 Å². The van der Waals surface area contributed by atoms with Crippen LogP contribution in [0.3, 0.4) is 0 Å². The van der Waals surface area contributed by atoms with Crippen molar-refractivity contribution >= 4 is 33.4 Å². The summed E-state index contributed by atoms with van der Waals surface area (Å²) in [7, 11) is 0. The molecule has 0 saturated carbocycles. The van der Waals surface area contributed by atoms with Crippen LogP contribution in [0.5, 0.6) is 5.75 Å². The van der Waals surface area contributed by atoms with Gasteiger partial charge in [-0.1, -0.05) is 41.7 Å². The van der Waals surface area contributed by atoms with Crippen molar-refractivity contribution in [1.29, 1.82) is 5.26 Å². The summed E-state index contributed by atoms with van der Waals surface area (Å²) in [5.74, 6) is 0.704. The molecule has 0 fully saturated rings. The lowest BCUT2D eigenvalue weighted by atomic mass is 10.1. The molecule has 0 amide bonds. The van der Waals surface area contributed by atoms with E-state index >= 15 is 0 Å². The number of fused-ring (bicyclic) bond motifs is 3. The van der Waals surface area contributed by atoms with Crippen molar-refractivity contribution in [3.63, 3.8) is 0 Å². The van der Waals surface area contributed by atoms with E-state index in [0.29, 0.717) is 27.4 Å². The monoisotopic (exact) mass is 437 g/mol. The molecule has 0 unspecified atom stereocenters. The lowest BCUT2D eigenvalue weighted by Crippen LogP contribution is -2.22. The molecule has 0 aliphatic carbocycles. The lowest BCUT2D eigenvalue weighted by Gasteiger charge is -2.07. The van der Waals surface area contributed by atoms with Crippen molar-refractivity contribution in [2.24, 2.45) is 0 Å². The molecule has 5 aromatic rings. The molecule has 0 bridgehead atoms. The van der Waals surface area contributed by atoms with Crippen LogP contribution in [-0.4, -0.2) is 9.38 Å². The summed E-state index contributed by atoms with van der Waals surface area (Å²) >= 11 is 1.39. The van der Waals surface area contributed by atoms with Crippen molar-refractivity contribution < 1.29 is 4.74 Å². The van der Waals surface area contributed by atoms with E-state index < -0.39 is 0 Å². The highest BCUT2D eigenvalue weighted by atomic mass is 32.1. The van der Waals surface area contributed by atoms with Crippen molar-refractivity contribution in [3.8, 4) is 11.8 Å². The molecule has 0 spiro atoms. The van der Waals surface area contributed by atoms with Crippen molar-refractivity contribution in [1.82, 2.24) is 9.38 Å².